The lowest BCUT2D eigenvalue weighted by Crippen LogP contribution is -1.90. The minimum Gasteiger partial charge on any atom is -0.594 e. The van der Waals surface area contributed by atoms with E-state index in [1.807, 2.05) is 0 Å². The summed E-state index contributed by atoms with van der Waals surface area (Å²) in [5.41, 5.74) is 2.03. The van der Waals surface area contributed by atoms with Crippen LogP contribution in [-0.4, -0.2) is 27.0 Å². The first-order valence-corrected chi connectivity index (χ1v) is 7.15. The Morgan fingerprint density at radius 1 is 0.840 bits per heavy atom. The van der Waals surface area contributed by atoms with Crippen LogP contribution in [0.2, 0.25) is 0 Å². The Morgan fingerprint density at radius 3 is 1.72 bits per heavy atom. The van der Waals surface area contributed by atoms with Crippen molar-refractivity contribution in [1.29, 1.82) is 0 Å². The highest BCUT2D eigenvalue weighted by Gasteiger charge is 2.04. The molecule has 0 radical (unpaired) electrons. The normalized spacial score (nSPS) is 11.9. The fourth-order valence-electron chi connectivity index (χ4n) is 1.86. The molecule has 0 saturated heterocycles. The number of benzene rings is 2. The van der Waals surface area contributed by atoms with Gasteiger partial charge < -0.3 is 15.4 Å². The molecule has 126 valence electrons. The number of hydrogen-bond acceptors (Lipinski definition) is 4. The van der Waals surface area contributed by atoms with E-state index in [-0.39, 0.29) is 0 Å². The zero-order valence-electron chi connectivity index (χ0n) is 12.9. The average Bonchev–Trinajstić information content (AvgIpc) is 2.59. The van der Waals surface area contributed by atoms with Crippen LogP contribution in [-0.2, 0) is 9.59 Å². The lowest BCUT2D eigenvalue weighted by atomic mass is 10.2. The fraction of sp³-hybridized carbons (Fsp3) is 0. The second kappa shape index (κ2) is 8.21. The average molecular weight is 338 g/mol. The third kappa shape index (κ3) is 5.76. The molecule has 2 aromatic rings. The highest BCUT2D eigenvalue weighted by atomic mass is 16.5. The molecule has 0 amide bonds. The van der Waals surface area contributed by atoms with Crippen molar-refractivity contribution >= 4 is 35.5 Å². The minimum atomic E-state index is -1.05. The van der Waals surface area contributed by atoms with Crippen LogP contribution in [0.4, 0.5) is 11.4 Å². The zero-order valence-corrected chi connectivity index (χ0v) is 12.9. The van der Waals surface area contributed by atoms with Gasteiger partial charge in [0.15, 0.2) is 0 Å². The van der Waals surface area contributed by atoms with Crippen molar-refractivity contribution in [2.75, 3.05) is 0 Å². The van der Waals surface area contributed by atoms with Gasteiger partial charge in [0.25, 0.3) is 0 Å². The summed E-state index contributed by atoms with van der Waals surface area (Å²) >= 11 is 0. The molecule has 2 rings (SSSR count). The lowest BCUT2D eigenvalue weighted by molar-refractivity contribution is -0.435. The molecule has 7 nitrogen and oxygen atoms in total. The van der Waals surface area contributed by atoms with E-state index >= 15 is 0 Å². The molecule has 0 unspecified atom stereocenters. The molecule has 0 spiro atoms. The van der Waals surface area contributed by atoms with Gasteiger partial charge in [-0.25, -0.2) is 9.59 Å². The lowest BCUT2D eigenvalue weighted by Gasteiger charge is -2.01. The first kappa shape index (κ1) is 17.6. The second-order valence-corrected chi connectivity index (χ2v) is 4.90. The number of azo groups is 1. The Balaban J connectivity index is 2.12. The first-order chi connectivity index (χ1) is 11.9. The molecule has 0 aliphatic carbocycles. The largest absolute Gasteiger partial charge is 0.594 e. The summed E-state index contributed by atoms with van der Waals surface area (Å²) in [4.78, 5) is 21.4. The van der Waals surface area contributed by atoms with Crippen molar-refractivity contribution in [3.05, 3.63) is 77.0 Å². The molecule has 2 aromatic carbocycles. The van der Waals surface area contributed by atoms with Gasteiger partial charge in [-0.1, -0.05) is 17.0 Å². The van der Waals surface area contributed by atoms with Gasteiger partial charge in [0, 0.05) is 29.4 Å². The van der Waals surface area contributed by atoms with E-state index in [1.54, 1.807) is 36.4 Å². The van der Waals surface area contributed by atoms with Gasteiger partial charge in [-0.05, 0) is 47.5 Å². The van der Waals surface area contributed by atoms with Crippen LogP contribution in [0.5, 0.6) is 0 Å². The van der Waals surface area contributed by atoms with E-state index in [9.17, 15) is 14.8 Å². The van der Waals surface area contributed by atoms with Crippen molar-refractivity contribution in [2.45, 2.75) is 0 Å². The first-order valence-electron chi connectivity index (χ1n) is 7.15. The van der Waals surface area contributed by atoms with Gasteiger partial charge >= 0.3 is 11.9 Å². The van der Waals surface area contributed by atoms with Gasteiger partial charge in [-0.15, -0.1) is 0 Å². The third-order valence-corrected chi connectivity index (χ3v) is 3.05. The highest BCUT2D eigenvalue weighted by molar-refractivity contribution is 5.85. The van der Waals surface area contributed by atoms with Crippen molar-refractivity contribution in [3.63, 3.8) is 0 Å². The molecule has 0 bridgehead atoms. The standard InChI is InChI=1S/C18H14N2O5/c21-17(22)11-5-13-1-7-15(8-2-13)19-20(25)16-9-3-14(4-10-16)6-12-18(23)24/h1-12H,(H,21,22)(H,23,24). The summed E-state index contributed by atoms with van der Waals surface area (Å²) in [7, 11) is 0. The van der Waals surface area contributed by atoms with Crippen molar-refractivity contribution in [1.82, 2.24) is 0 Å². The molecule has 0 aliphatic rings. The summed E-state index contributed by atoms with van der Waals surface area (Å²) in [6.45, 7) is 0. The van der Waals surface area contributed by atoms with E-state index in [2.05, 4.69) is 5.11 Å². The fourth-order valence-corrected chi connectivity index (χ4v) is 1.86. The van der Waals surface area contributed by atoms with Crippen LogP contribution in [0.3, 0.4) is 0 Å². The van der Waals surface area contributed by atoms with Crippen molar-refractivity contribution in [2.24, 2.45) is 5.11 Å². The molecule has 7 heteroatoms. The Morgan fingerprint density at radius 2 is 1.28 bits per heavy atom. The Labute approximate surface area is 143 Å². The Hall–Kier alpha value is -3.74. The maximum absolute atomic E-state index is 12.0. The van der Waals surface area contributed by atoms with Crippen LogP contribution in [0.1, 0.15) is 11.1 Å². The number of carbonyl (C=O) groups is 2. The second-order valence-electron chi connectivity index (χ2n) is 4.90. The summed E-state index contributed by atoms with van der Waals surface area (Å²) < 4.78 is 0. The quantitative estimate of drug-likeness (QED) is 0.360. The van der Waals surface area contributed by atoms with Crippen LogP contribution in [0.25, 0.3) is 12.2 Å². The van der Waals surface area contributed by atoms with Crippen LogP contribution in [0.15, 0.2) is 65.8 Å². The molecule has 0 heterocycles. The van der Waals surface area contributed by atoms with Gasteiger partial charge in [0.05, 0.1) is 0 Å². The number of nitrogens with zero attached hydrogens (tertiary/aromatic N) is 2. The predicted octanol–water partition coefficient (Wildman–Crippen LogP) is 3.81. The monoisotopic (exact) mass is 338 g/mol. The molecule has 0 atom stereocenters. The number of carboxylic acid groups (broad SMARTS) is 2. The maximum Gasteiger partial charge on any atom is 0.328 e. The molecule has 0 aliphatic heterocycles. The molecule has 25 heavy (non-hydrogen) atoms. The van der Waals surface area contributed by atoms with Crippen LogP contribution < -0.4 is 0 Å². The van der Waals surface area contributed by atoms with Gasteiger partial charge in [0.1, 0.15) is 5.69 Å². The minimum absolute atomic E-state index is 0.294. The summed E-state index contributed by atoms with van der Waals surface area (Å²) in [5, 5.41) is 33.1. The summed E-state index contributed by atoms with van der Waals surface area (Å²) in [6, 6.07) is 12.7. The number of rotatable bonds is 6. The number of aliphatic carboxylic acids is 2. The smallest absolute Gasteiger partial charge is 0.328 e. The van der Waals surface area contributed by atoms with Crippen molar-refractivity contribution < 1.29 is 24.7 Å². The van der Waals surface area contributed by atoms with E-state index in [1.165, 1.54) is 24.3 Å². The van der Waals surface area contributed by atoms with Crippen LogP contribution >= 0.6 is 0 Å². The SMILES string of the molecule is O=C(O)C=Cc1ccc(N=[N+]([O-])c2ccc(C=CC(=O)O)cc2)cc1. The number of carboxylic acids is 2. The molecule has 0 saturated carbocycles. The third-order valence-electron chi connectivity index (χ3n) is 3.05. The van der Waals surface area contributed by atoms with Gasteiger partial charge in [-0.2, -0.15) is 0 Å². The molecular weight excluding hydrogens is 324 g/mol. The van der Waals surface area contributed by atoms with E-state index in [0.717, 1.165) is 12.2 Å². The molecular formula is C18H14N2O5. The predicted molar refractivity (Wildman–Crippen MR) is 91.6 cm³/mol. The summed E-state index contributed by atoms with van der Waals surface area (Å²) in [6.07, 6.45) is 4.88. The molecule has 2 N–H and O–H groups in total. The zero-order chi connectivity index (χ0) is 18.2. The highest BCUT2D eigenvalue weighted by Crippen LogP contribution is 2.19. The van der Waals surface area contributed by atoms with E-state index in [0.29, 0.717) is 27.4 Å². The van der Waals surface area contributed by atoms with E-state index < -0.39 is 11.9 Å². The Kier molecular flexibility index (Phi) is 5.78. The molecule has 0 fully saturated rings. The van der Waals surface area contributed by atoms with Crippen LogP contribution in [0, 0.1) is 5.21 Å². The molecule has 0 aromatic heterocycles. The van der Waals surface area contributed by atoms with Crippen molar-refractivity contribution in [3.8, 4) is 0 Å². The Bertz CT molecular complexity index is 850. The number of hydrogen-bond donors (Lipinski definition) is 2. The van der Waals surface area contributed by atoms with Gasteiger partial charge in [-0.3, -0.25) is 0 Å². The topological polar surface area (TPSA) is 113 Å². The van der Waals surface area contributed by atoms with E-state index in [4.69, 9.17) is 10.2 Å². The van der Waals surface area contributed by atoms with Gasteiger partial charge in [0.2, 0.25) is 5.69 Å². The maximum atomic E-state index is 12.0. The summed E-state index contributed by atoms with van der Waals surface area (Å²) in [5.74, 6) is -2.09.